The van der Waals surface area contributed by atoms with Gasteiger partial charge in [0.2, 0.25) is 0 Å². The number of ether oxygens (including phenoxy) is 1. The zero-order valence-electron chi connectivity index (χ0n) is 11.6. The maximum atomic E-state index is 5.39. The monoisotopic (exact) mass is 268 g/mol. The minimum Gasteiger partial charge on any atom is -0.383 e. The van der Waals surface area contributed by atoms with E-state index in [0.29, 0.717) is 12.1 Å². The second-order valence-corrected chi connectivity index (χ2v) is 5.88. The molecule has 4 heteroatoms. The fourth-order valence-corrected chi connectivity index (χ4v) is 3.77. The van der Waals surface area contributed by atoms with Crippen molar-refractivity contribution in [3.63, 3.8) is 0 Å². The summed E-state index contributed by atoms with van der Waals surface area (Å²) in [6.07, 6.45) is 1.18. The molecule has 0 amide bonds. The molecular formula is C14H24N2OS. The first-order valence-electron chi connectivity index (χ1n) is 6.79. The normalized spacial score (nSPS) is 21.8. The summed E-state index contributed by atoms with van der Waals surface area (Å²) in [6, 6.07) is 3.27. The Kier molecular flexibility index (Phi) is 5.18. The first kappa shape index (κ1) is 14.0. The Morgan fingerprint density at radius 2 is 2.44 bits per heavy atom. The van der Waals surface area contributed by atoms with Gasteiger partial charge in [-0.2, -0.15) is 0 Å². The highest BCUT2D eigenvalue weighted by Crippen LogP contribution is 2.33. The molecule has 0 radical (unpaired) electrons. The van der Waals surface area contributed by atoms with Gasteiger partial charge in [0.1, 0.15) is 0 Å². The average molecular weight is 268 g/mol. The van der Waals surface area contributed by atoms with Gasteiger partial charge in [0, 0.05) is 37.2 Å². The quantitative estimate of drug-likeness (QED) is 0.857. The lowest BCUT2D eigenvalue weighted by atomic mass is 9.99. The predicted octanol–water partition coefficient (Wildman–Crippen LogP) is 2.29. The van der Waals surface area contributed by atoms with Gasteiger partial charge in [-0.05, 0) is 36.9 Å². The maximum absolute atomic E-state index is 5.39. The number of nitrogens with one attached hydrogen (secondary N) is 1. The number of fused-ring (bicyclic) bond motifs is 1. The molecule has 0 spiro atoms. The molecule has 2 atom stereocenters. The van der Waals surface area contributed by atoms with Gasteiger partial charge in [0.25, 0.3) is 0 Å². The van der Waals surface area contributed by atoms with E-state index in [2.05, 4.69) is 35.5 Å². The van der Waals surface area contributed by atoms with Crippen LogP contribution in [0, 0.1) is 0 Å². The van der Waals surface area contributed by atoms with Crippen molar-refractivity contribution in [2.45, 2.75) is 32.4 Å². The Bertz CT molecular complexity index is 366. The summed E-state index contributed by atoms with van der Waals surface area (Å²) in [6.45, 7) is 8.45. The zero-order chi connectivity index (χ0) is 13.0. The number of rotatable bonds is 6. The highest BCUT2D eigenvalue weighted by Gasteiger charge is 2.29. The molecule has 1 aromatic heterocycles. The Labute approximate surface area is 114 Å². The third-order valence-electron chi connectivity index (χ3n) is 3.78. The Balaban J connectivity index is 2.07. The lowest BCUT2D eigenvalue weighted by Crippen LogP contribution is -2.48. The first-order chi connectivity index (χ1) is 8.77. The molecule has 3 nitrogen and oxygen atoms in total. The van der Waals surface area contributed by atoms with Crippen LogP contribution in [0.25, 0.3) is 0 Å². The number of thiophene rings is 1. The van der Waals surface area contributed by atoms with Gasteiger partial charge in [0.15, 0.2) is 0 Å². The summed E-state index contributed by atoms with van der Waals surface area (Å²) in [5.41, 5.74) is 1.52. The zero-order valence-corrected chi connectivity index (χ0v) is 12.4. The van der Waals surface area contributed by atoms with E-state index in [4.69, 9.17) is 4.74 Å². The second-order valence-electron chi connectivity index (χ2n) is 4.88. The summed E-state index contributed by atoms with van der Waals surface area (Å²) in [5.74, 6) is 0. The standard InChI is InChI=1S/C14H24N2OS/c1-4-15-9-12(10-17-3)16-7-5-14-13(11(16)2)6-8-18-14/h6,8,11-12,15H,4-5,7,9-10H2,1-3H3. The van der Waals surface area contributed by atoms with Crippen molar-refractivity contribution < 1.29 is 4.74 Å². The molecule has 2 rings (SSSR count). The number of hydrogen-bond acceptors (Lipinski definition) is 4. The van der Waals surface area contributed by atoms with Crippen LogP contribution in [0.5, 0.6) is 0 Å². The van der Waals surface area contributed by atoms with Crippen LogP contribution >= 0.6 is 11.3 Å². The lowest BCUT2D eigenvalue weighted by Gasteiger charge is -2.39. The smallest absolute Gasteiger partial charge is 0.0630 e. The predicted molar refractivity (Wildman–Crippen MR) is 77.4 cm³/mol. The van der Waals surface area contributed by atoms with E-state index in [0.717, 1.165) is 26.2 Å². The average Bonchev–Trinajstić information content (AvgIpc) is 2.84. The van der Waals surface area contributed by atoms with Gasteiger partial charge >= 0.3 is 0 Å². The number of methoxy groups -OCH3 is 1. The van der Waals surface area contributed by atoms with Crippen LogP contribution in [0.4, 0.5) is 0 Å². The molecule has 1 aromatic rings. The van der Waals surface area contributed by atoms with Crippen LogP contribution < -0.4 is 5.32 Å². The van der Waals surface area contributed by atoms with E-state index in [9.17, 15) is 0 Å². The summed E-state index contributed by atoms with van der Waals surface area (Å²) in [5, 5.41) is 5.67. The molecule has 0 saturated carbocycles. The highest BCUT2D eigenvalue weighted by molar-refractivity contribution is 7.10. The van der Waals surface area contributed by atoms with Crippen molar-refractivity contribution >= 4 is 11.3 Å². The fraction of sp³-hybridized carbons (Fsp3) is 0.714. The Hall–Kier alpha value is -0.420. The van der Waals surface area contributed by atoms with E-state index in [-0.39, 0.29) is 0 Å². The molecule has 102 valence electrons. The molecule has 1 aliphatic rings. The third kappa shape index (κ3) is 2.94. The summed E-state index contributed by atoms with van der Waals surface area (Å²) < 4.78 is 5.39. The molecule has 1 N–H and O–H groups in total. The fourth-order valence-electron chi connectivity index (χ4n) is 2.80. The van der Waals surface area contributed by atoms with Crippen molar-refractivity contribution in [1.29, 1.82) is 0 Å². The van der Waals surface area contributed by atoms with E-state index >= 15 is 0 Å². The van der Waals surface area contributed by atoms with Crippen LogP contribution in [0.2, 0.25) is 0 Å². The molecule has 0 fully saturated rings. The maximum Gasteiger partial charge on any atom is 0.0630 e. The van der Waals surface area contributed by atoms with Crippen molar-refractivity contribution in [1.82, 2.24) is 10.2 Å². The minimum atomic E-state index is 0.470. The molecule has 0 aliphatic carbocycles. The van der Waals surface area contributed by atoms with E-state index < -0.39 is 0 Å². The molecule has 1 aliphatic heterocycles. The molecule has 18 heavy (non-hydrogen) atoms. The first-order valence-corrected chi connectivity index (χ1v) is 7.67. The van der Waals surface area contributed by atoms with Crippen LogP contribution in [0.3, 0.4) is 0 Å². The molecular weight excluding hydrogens is 244 g/mol. The molecule has 2 unspecified atom stereocenters. The van der Waals surface area contributed by atoms with Crippen LogP contribution in [0.1, 0.15) is 30.3 Å². The second kappa shape index (κ2) is 6.66. The molecule has 0 saturated heterocycles. The van der Waals surface area contributed by atoms with E-state index in [1.807, 2.05) is 11.3 Å². The van der Waals surface area contributed by atoms with Crippen molar-refractivity contribution in [3.8, 4) is 0 Å². The van der Waals surface area contributed by atoms with Gasteiger partial charge in [-0.3, -0.25) is 4.90 Å². The molecule has 0 bridgehead atoms. The molecule has 0 aromatic carbocycles. The van der Waals surface area contributed by atoms with Crippen molar-refractivity contribution in [2.75, 3.05) is 33.4 Å². The van der Waals surface area contributed by atoms with Crippen LogP contribution in [-0.4, -0.2) is 44.3 Å². The topological polar surface area (TPSA) is 24.5 Å². The van der Waals surface area contributed by atoms with Crippen LogP contribution in [-0.2, 0) is 11.2 Å². The van der Waals surface area contributed by atoms with E-state index in [1.165, 1.54) is 12.0 Å². The Morgan fingerprint density at radius 1 is 1.61 bits per heavy atom. The third-order valence-corrected chi connectivity index (χ3v) is 4.78. The number of hydrogen-bond donors (Lipinski definition) is 1. The lowest BCUT2D eigenvalue weighted by molar-refractivity contribution is 0.0604. The number of likely N-dealkylation sites (N-methyl/N-ethyl adjacent to an activating group) is 1. The summed E-state index contributed by atoms with van der Waals surface area (Å²) >= 11 is 1.90. The largest absolute Gasteiger partial charge is 0.383 e. The van der Waals surface area contributed by atoms with Gasteiger partial charge in [-0.15, -0.1) is 11.3 Å². The van der Waals surface area contributed by atoms with Crippen molar-refractivity contribution in [2.24, 2.45) is 0 Å². The minimum absolute atomic E-state index is 0.470. The summed E-state index contributed by atoms with van der Waals surface area (Å²) in [4.78, 5) is 4.15. The van der Waals surface area contributed by atoms with Gasteiger partial charge in [0.05, 0.1) is 6.61 Å². The van der Waals surface area contributed by atoms with Gasteiger partial charge in [-0.25, -0.2) is 0 Å². The SMILES string of the molecule is CCNCC(COC)N1CCc2sccc2C1C. The van der Waals surface area contributed by atoms with Crippen LogP contribution in [0.15, 0.2) is 11.4 Å². The molecule has 2 heterocycles. The highest BCUT2D eigenvalue weighted by atomic mass is 32.1. The van der Waals surface area contributed by atoms with Gasteiger partial charge in [-0.1, -0.05) is 6.92 Å². The van der Waals surface area contributed by atoms with Gasteiger partial charge < -0.3 is 10.1 Å². The number of nitrogens with zero attached hydrogens (tertiary/aromatic N) is 1. The Morgan fingerprint density at radius 3 is 3.17 bits per heavy atom. The van der Waals surface area contributed by atoms with Crippen molar-refractivity contribution in [3.05, 3.63) is 21.9 Å². The summed E-state index contributed by atoms with van der Waals surface area (Å²) in [7, 11) is 1.80. The van der Waals surface area contributed by atoms with E-state index in [1.54, 1.807) is 12.0 Å².